The maximum absolute atomic E-state index is 13.3. The Bertz CT molecular complexity index is 1130. The van der Waals surface area contributed by atoms with Crippen molar-refractivity contribution in [1.29, 1.82) is 0 Å². The fraction of sp³-hybridized carbons (Fsp3) is 0.136. The summed E-state index contributed by atoms with van der Waals surface area (Å²) in [6.07, 6.45) is -0.896. The van der Waals surface area contributed by atoms with Gasteiger partial charge in [0.2, 0.25) is 0 Å². The zero-order valence-corrected chi connectivity index (χ0v) is 15.3. The van der Waals surface area contributed by atoms with Crippen LogP contribution in [-0.2, 0) is 12.6 Å². The largest absolute Gasteiger partial charge is 0.418 e. The smallest absolute Gasteiger partial charge is 0.369 e. The van der Waals surface area contributed by atoms with E-state index in [2.05, 4.69) is 32.4 Å². The molecule has 0 aliphatic rings. The third-order valence-electron chi connectivity index (χ3n) is 4.57. The van der Waals surface area contributed by atoms with Crippen molar-refractivity contribution in [2.75, 3.05) is 11.9 Å². The molecule has 0 radical (unpaired) electrons. The van der Waals surface area contributed by atoms with Crippen LogP contribution < -0.4 is 5.32 Å². The molecule has 0 bridgehead atoms. The lowest BCUT2D eigenvalue weighted by atomic mass is 10.0. The highest BCUT2D eigenvalue weighted by molar-refractivity contribution is 5.91. The van der Waals surface area contributed by atoms with Crippen LogP contribution in [0.4, 0.5) is 19.0 Å². The fourth-order valence-electron chi connectivity index (χ4n) is 3.18. The van der Waals surface area contributed by atoms with Crippen LogP contribution in [0.5, 0.6) is 0 Å². The average molecular weight is 394 g/mol. The molecule has 0 spiro atoms. The standard InChI is InChI=1S/C22H17F3N4/c23-22(24,25)18-7-4-11-26-20(18)16-8-9-17-19(13-16)28-14-29-21(17)27-12-10-15-5-2-1-3-6-15/h1-9,11,13-14H,10,12H2,(H,27,28,29). The Hall–Kier alpha value is -3.48. The predicted molar refractivity (Wildman–Crippen MR) is 106 cm³/mol. The van der Waals surface area contributed by atoms with Gasteiger partial charge in [-0.1, -0.05) is 36.4 Å². The second-order valence-corrected chi connectivity index (χ2v) is 6.51. The van der Waals surface area contributed by atoms with Crippen molar-refractivity contribution in [3.8, 4) is 11.3 Å². The summed E-state index contributed by atoms with van der Waals surface area (Å²) in [5, 5.41) is 4.03. The number of anilines is 1. The van der Waals surface area contributed by atoms with Crippen LogP contribution in [0.3, 0.4) is 0 Å². The first-order valence-corrected chi connectivity index (χ1v) is 9.07. The molecule has 4 aromatic rings. The van der Waals surface area contributed by atoms with Gasteiger partial charge in [0.25, 0.3) is 0 Å². The fourth-order valence-corrected chi connectivity index (χ4v) is 3.18. The van der Waals surface area contributed by atoms with E-state index in [0.717, 1.165) is 17.9 Å². The highest BCUT2D eigenvalue weighted by Gasteiger charge is 2.34. The molecule has 0 fully saturated rings. The molecule has 0 saturated carbocycles. The molecule has 0 saturated heterocycles. The minimum absolute atomic E-state index is 0.112. The van der Waals surface area contributed by atoms with Crippen LogP contribution in [0, 0.1) is 0 Å². The third-order valence-corrected chi connectivity index (χ3v) is 4.57. The van der Waals surface area contributed by atoms with Gasteiger partial charge in [-0.05, 0) is 36.2 Å². The number of pyridine rings is 1. The number of nitrogens with zero attached hydrogens (tertiary/aromatic N) is 3. The van der Waals surface area contributed by atoms with E-state index >= 15 is 0 Å². The molecular formula is C22H17F3N4. The molecule has 2 heterocycles. The second kappa shape index (κ2) is 7.87. The van der Waals surface area contributed by atoms with Crippen molar-refractivity contribution < 1.29 is 13.2 Å². The molecule has 0 atom stereocenters. The number of nitrogens with one attached hydrogen (secondary N) is 1. The lowest BCUT2D eigenvalue weighted by Gasteiger charge is -2.13. The first-order chi connectivity index (χ1) is 14.0. The number of benzene rings is 2. The Labute approximate surface area is 165 Å². The van der Waals surface area contributed by atoms with Gasteiger partial charge in [0, 0.05) is 23.7 Å². The van der Waals surface area contributed by atoms with Gasteiger partial charge in [-0.25, -0.2) is 9.97 Å². The Morgan fingerprint density at radius 2 is 1.69 bits per heavy atom. The summed E-state index contributed by atoms with van der Waals surface area (Å²) < 4.78 is 39.9. The molecule has 0 aliphatic carbocycles. The minimum atomic E-state index is -4.48. The number of rotatable bonds is 5. The average Bonchev–Trinajstić information content (AvgIpc) is 2.74. The number of alkyl halides is 3. The molecule has 7 heteroatoms. The highest BCUT2D eigenvalue weighted by atomic mass is 19.4. The van der Waals surface area contributed by atoms with Crippen molar-refractivity contribution in [2.45, 2.75) is 12.6 Å². The van der Waals surface area contributed by atoms with Gasteiger partial charge in [-0.3, -0.25) is 4.98 Å². The van der Waals surface area contributed by atoms with E-state index in [9.17, 15) is 13.2 Å². The van der Waals surface area contributed by atoms with Crippen molar-refractivity contribution in [1.82, 2.24) is 15.0 Å². The van der Waals surface area contributed by atoms with Crippen LogP contribution in [-0.4, -0.2) is 21.5 Å². The number of aromatic nitrogens is 3. The Morgan fingerprint density at radius 1 is 0.862 bits per heavy atom. The molecule has 4 rings (SSSR count). The summed E-state index contributed by atoms with van der Waals surface area (Å²) >= 11 is 0. The lowest BCUT2D eigenvalue weighted by Crippen LogP contribution is -2.08. The maximum atomic E-state index is 13.3. The molecule has 4 nitrogen and oxygen atoms in total. The van der Waals surface area contributed by atoms with Crippen molar-refractivity contribution >= 4 is 16.7 Å². The van der Waals surface area contributed by atoms with Gasteiger partial charge < -0.3 is 5.32 Å². The summed E-state index contributed by atoms with van der Waals surface area (Å²) in [5.74, 6) is 0.648. The van der Waals surface area contributed by atoms with Gasteiger partial charge in [0.1, 0.15) is 12.1 Å². The minimum Gasteiger partial charge on any atom is -0.369 e. The normalized spacial score (nSPS) is 11.6. The maximum Gasteiger partial charge on any atom is 0.418 e. The van der Waals surface area contributed by atoms with Crippen LogP contribution in [0.15, 0.2) is 73.2 Å². The van der Waals surface area contributed by atoms with Crippen LogP contribution in [0.2, 0.25) is 0 Å². The molecule has 1 N–H and O–H groups in total. The topological polar surface area (TPSA) is 50.7 Å². The molecule has 2 aromatic carbocycles. The van der Waals surface area contributed by atoms with Gasteiger partial charge in [0.05, 0.1) is 16.8 Å². The van der Waals surface area contributed by atoms with E-state index in [1.807, 2.05) is 18.2 Å². The lowest BCUT2D eigenvalue weighted by molar-refractivity contribution is -0.137. The van der Waals surface area contributed by atoms with Crippen LogP contribution >= 0.6 is 0 Å². The molecule has 2 aromatic heterocycles. The van der Waals surface area contributed by atoms with E-state index in [0.29, 0.717) is 23.4 Å². The summed E-state index contributed by atoms with van der Waals surface area (Å²) in [6, 6.07) is 17.3. The monoisotopic (exact) mass is 394 g/mol. The SMILES string of the molecule is FC(F)(F)c1cccnc1-c1ccc2c(NCCc3ccccc3)ncnc2c1. The van der Waals surface area contributed by atoms with E-state index in [4.69, 9.17) is 0 Å². The molecule has 0 aliphatic heterocycles. The van der Waals surface area contributed by atoms with Crippen molar-refractivity contribution in [3.05, 3.63) is 84.3 Å². The number of fused-ring (bicyclic) bond motifs is 1. The van der Waals surface area contributed by atoms with Gasteiger partial charge in [-0.2, -0.15) is 13.2 Å². The summed E-state index contributed by atoms with van der Waals surface area (Å²) in [6.45, 7) is 0.677. The van der Waals surface area contributed by atoms with E-state index in [1.54, 1.807) is 18.2 Å². The molecule has 0 amide bonds. The quantitative estimate of drug-likeness (QED) is 0.495. The summed E-state index contributed by atoms with van der Waals surface area (Å²) in [4.78, 5) is 12.5. The third kappa shape index (κ3) is 4.18. The second-order valence-electron chi connectivity index (χ2n) is 6.51. The first-order valence-electron chi connectivity index (χ1n) is 9.07. The van der Waals surface area contributed by atoms with E-state index < -0.39 is 11.7 Å². The zero-order chi connectivity index (χ0) is 20.3. The van der Waals surface area contributed by atoms with Crippen LogP contribution in [0.1, 0.15) is 11.1 Å². The number of halogens is 3. The number of hydrogen-bond acceptors (Lipinski definition) is 4. The predicted octanol–water partition coefficient (Wildman–Crippen LogP) is 5.37. The van der Waals surface area contributed by atoms with Gasteiger partial charge in [-0.15, -0.1) is 0 Å². The van der Waals surface area contributed by atoms with Gasteiger partial charge >= 0.3 is 6.18 Å². The molecule has 29 heavy (non-hydrogen) atoms. The highest BCUT2D eigenvalue weighted by Crippen LogP contribution is 2.36. The summed E-state index contributed by atoms with van der Waals surface area (Å²) in [5.41, 5.74) is 1.24. The Balaban J connectivity index is 1.62. The Morgan fingerprint density at radius 3 is 2.48 bits per heavy atom. The molecular weight excluding hydrogens is 377 g/mol. The molecule has 146 valence electrons. The van der Waals surface area contributed by atoms with Crippen molar-refractivity contribution in [3.63, 3.8) is 0 Å². The van der Waals surface area contributed by atoms with E-state index in [1.165, 1.54) is 24.2 Å². The van der Waals surface area contributed by atoms with E-state index in [-0.39, 0.29) is 5.69 Å². The van der Waals surface area contributed by atoms with Crippen molar-refractivity contribution in [2.24, 2.45) is 0 Å². The first kappa shape index (κ1) is 18.9. The summed E-state index contributed by atoms with van der Waals surface area (Å²) in [7, 11) is 0. The Kier molecular flexibility index (Phi) is 5.12. The van der Waals surface area contributed by atoms with Crippen LogP contribution in [0.25, 0.3) is 22.2 Å². The van der Waals surface area contributed by atoms with Gasteiger partial charge in [0.15, 0.2) is 0 Å². The zero-order valence-electron chi connectivity index (χ0n) is 15.3. The number of hydrogen-bond donors (Lipinski definition) is 1. The molecule has 0 unspecified atom stereocenters.